The summed E-state index contributed by atoms with van der Waals surface area (Å²) in [4.78, 5) is 36.3. The van der Waals surface area contributed by atoms with Gasteiger partial charge in [0.1, 0.15) is 6.04 Å². The van der Waals surface area contributed by atoms with E-state index in [0.717, 1.165) is 11.1 Å². The fourth-order valence-corrected chi connectivity index (χ4v) is 3.68. The molecular formula is C32H49N5O6. The van der Waals surface area contributed by atoms with Crippen molar-refractivity contribution >= 4 is 17.8 Å². The van der Waals surface area contributed by atoms with Crippen LogP contribution in [0.2, 0.25) is 0 Å². The van der Waals surface area contributed by atoms with Crippen LogP contribution in [0.3, 0.4) is 0 Å². The quantitative estimate of drug-likeness (QED) is 0.186. The standard InChI is InChI=1S/C15H22N2O2.C12H18N2O2.C5H9NO2/c1-4-8-13(16)15(19)17(3)11(2)14(18)12-9-6-5-7-10-12;1-9(14(2)11(15)8-13)12(16)10-6-4-3-5-7-10;1-2-3-4(6)5(7)8/h4-7,9-11,13-14,18H,1,8,16H2,2-3H3;3-7,9,12,16H,8,13H2,1-2H3;2,4H,1,3,6H2,(H,7,8)/t11-,13?,14+;9-,12+;4-/m001/s1. The molecule has 0 radical (unpaired) electrons. The lowest BCUT2D eigenvalue weighted by Gasteiger charge is -2.31. The number of amides is 2. The molecule has 2 aromatic carbocycles. The van der Waals surface area contributed by atoms with Gasteiger partial charge in [-0.2, -0.15) is 0 Å². The van der Waals surface area contributed by atoms with Gasteiger partial charge in [0, 0.05) is 14.1 Å². The van der Waals surface area contributed by atoms with Gasteiger partial charge in [-0.25, -0.2) is 0 Å². The van der Waals surface area contributed by atoms with Gasteiger partial charge < -0.3 is 42.3 Å². The van der Waals surface area contributed by atoms with Crippen LogP contribution in [0.4, 0.5) is 0 Å². The molecule has 0 saturated heterocycles. The first kappa shape index (κ1) is 39.1. The molecule has 9 N–H and O–H groups in total. The zero-order valence-corrected chi connectivity index (χ0v) is 25.6. The summed E-state index contributed by atoms with van der Waals surface area (Å²) < 4.78 is 0. The molecular weight excluding hydrogens is 550 g/mol. The topological polar surface area (TPSA) is 196 Å². The van der Waals surface area contributed by atoms with E-state index in [1.807, 2.05) is 60.7 Å². The molecule has 0 heterocycles. The van der Waals surface area contributed by atoms with E-state index >= 15 is 0 Å². The fraction of sp³-hybridized carbons (Fsp3) is 0.406. The number of hydrogen-bond donors (Lipinski definition) is 6. The summed E-state index contributed by atoms with van der Waals surface area (Å²) in [6, 6.07) is 16.5. The van der Waals surface area contributed by atoms with E-state index < -0.39 is 30.3 Å². The van der Waals surface area contributed by atoms with Gasteiger partial charge in [0.25, 0.3) is 0 Å². The maximum Gasteiger partial charge on any atom is 0.320 e. The van der Waals surface area contributed by atoms with Crippen molar-refractivity contribution in [1.82, 2.24) is 9.80 Å². The Labute approximate surface area is 255 Å². The Morgan fingerprint density at radius 2 is 1.14 bits per heavy atom. The normalized spacial score (nSPS) is 14.4. The SMILES string of the molecule is C=CCC(N)C(=O)N(C)[C@@H](C)[C@@H](O)c1ccccc1.C=CC[C@@H](N)C(=O)O.C[C@@H]([C@@H](O)c1ccccc1)N(C)C(=O)CN. The molecule has 1 unspecified atom stereocenters. The van der Waals surface area contributed by atoms with Gasteiger partial charge in [-0.15, -0.1) is 13.2 Å². The number of carbonyl (C=O) groups is 3. The monoisotopic (exact) mass is 599 g/mol. The third-order valence-electron chi connectivity index (χ3n) is 6.81. The highest BCUT2D eigenvalue weighted by Crippen LogP contribution is 2.21. The molecule has 0 bridgehead atoms. The highest BCUT2D eigenvalue weighted by molar-refractivity contribution is 5.82. The Morgan fingerprint density at radius 1 is 0.767 bits per heavy atom. The molecule has 2 amide bonds. The molecule has 0 aliphatic heterocycles. The molecule has 0 aromatic heterocycles. The van der Waals surface area contributed by atoms with Gasteiger partial charge in [0.2, 0.25) is 11.8 Å². The number of rotatable bonds is 13. The number of benzene rings is 2. The zero-order chi connectivity index (χ0) is 33.1. The fourth-order valence-electron chi connectivity index (χ4n) is 3.68. The van der Waals surface area contributed by atoms with Crippen LogP contribution >= 0.6 is 0 Å². The predicted octanol–water partition coefficient (Wildman–Crippen LogP) is 1.97. The van der Waals surface area contributed by atoms with E-state index in [9.17, 15) is 24.6 Å². The van der Waals surface area contributed by atoms with E-state index in [2.05, 4.69) is 13.2 Å². The number of aliphatic hydroxyl groups is 2. The smallest absolute Gasteiger partial charge is 0.320 e. The predicted molar refractivity (Wildman–Crippen MR) is 170 cm³/mol. The van der Waals surface area contributed by atoms with Crippen molar-refractivity contribution in [3.8, 4) is 0 Å². The van der Waals surface area contributed by atoms with Crippen LogP contribution in [-0.2, 0) is 14.4 Å². The Kier molecular flexibility index (Phi) is 19.0. The lowest BCUT2D eigenvalue weighted by atomic mass is 10.0. The van der Waals surface area contributed by atoms with Crippen molar-refractivity contribution in [3.63, 3.8) is 0 Å². The first-order chi connectivity index (χ1) is 20.2. The number of nitrogens with two attached hydrogens (primary N) is 3. The van der Waals surface area contributed by atoms with Crippen molar-refractivity contribution in [3.05, 3.63) is 97.1 Å². The molecule has 6 atom stereocenters. The summed E-state index contributed by atoms with van der Waals surface area (Å²) in [6.07, 6.45) is 2.44. The molecule has 43 heavy (non-hydrogen) atoms. The highest BCUT2D eigenvalue weighted by atomic mass is 16.4. The van der Waals surface area contributed by atoms with Gasteiger partial charge >= 0.3 is 5.97 Å². The molecule has 238 valence electrons. The van der Waals surface area contributed by atoms with E-state index in [4.69, 9.17) is 22.3 Å². The second-order valence-corrected chi connectivity index (χ2v) is 9.95. The van der Waals surface area contributed by atoms with Gasteiger partial charge in [-0.1, -0.05) is 72.8 Å². The molecule has 0 saturated carbocycles. The summed E-state index contributed by atoms with van der Waals surface area (Å²) in [5.74, 6) is -1.35. The van der Waals surface area contributed by atoms with Crippen molar-refractivity contribution in [2.45, 2.75) is 63.1 Å². The van der Waals surface area contributed by atoms with Crippen LogP contribution in [0.5, 0.6) is 0 Å². The molecule has 0 spiro atoms. The number of aliphatic carboxylic acids is 1. The van der Waals surface area contributed by atoms with Crippen molar-refractivity contribution in [2.75, 3.05) is 20.6 Å². The largest absolute Gasteiger partial charge is 0.480 e. The Bertz CT molecular complexity index is 1120. The lowest BCUT2D eigenvalue weighted by Crippen LogP contribution is -2.47. The number of hydrogen-bond acceptors (Lipinski definition) is 8. The Balaban J connectivity index is 0.000000665. The van der Waals surface area contributed by atoms with Crippen LogP contribution in [0.1, 0.15) is 50.0 Å². The maximum atomic E-state index is 12.1. The lowest BCUT2D eigenvalue weighted by molar-refractivity contribution is -0.138. The van der Waals surface area contributed by atoms with Crippen LogP contribution in [0.25, 0.3) is 0 Å². The highest BCUT2D eigenvalue weighted by Gasteiger charge is 2.27. The second-order valence-electron chi connectivity index (χ2n) is 9.95. The average Bonchev–Trinajstić information content (AvgIpc) is 3.03. The number of likely N-dealkylation sites (N-methyl/N-ethyl adjacent to an activating group) is 2. The van der Waals surface area contributed by atoms with Gasteiger partial charge in [0.15, 0.2) is 0 Å². The van der Waals surface area contributed by atoms with Crippen LogP contribution in [-0.4, -0.2) is 87.7 Å². The summed E-state index contributed by atoms with van der Waals surface area (Å²) in [5, 5.41) is 28.5. The van der Waals surface area contributed by atoms with Crippen molar-refractivity contribution < 1.29 is 29.7 Å². The molecule has 0 aliphatic carbocycles. The molecule has 2 rings (SSSR count). The van der Waals surface area contributed by atoms with Crippen LogP contribution < -0.4 is 17.2 Å². The van der Waals surface area contributed by atoms with Crippen molar-refractivity contribution in [1.29, 1.82) is 0 Å². The molecule has 11 nitrogen and oxygen atoms in total. The minimum atomic E-state index is -0.982. The van der Waals surface area contributed by atoms with E-state index in [-0.39, 0.29) is 30.4 Å². The third kappa shape index (κ3) is 13.8. The minimum Gasteiger partial charge on any atom is -0.480 e. The van der Waals surface area contributed by atoms with Gasteiger partial charge in [0.05, 0.1) is 36.9 Å². The minimum absolute atomic E-state index is 0.0393. The first-order valence-corrected chi connectivity index (χ1v) is 13.9. The number of carboxylic acid groups (broad SMARTS) is 1. The first-order valence-electron chi connectivity index (χ1n) is 13.9. The average molecular weight is 600 g/mol. The van der Waals surface area contributed by atoms with Gasteiger partial charge in [-0.05, 0) is 37.8 Å². The summed E-state index contributed by atoms with van der Waals surface area (Å²) in [7, 11) is 3.30. The zero-order valence-electron chi connectivity index (χ0n) is 25.6. The molecule has 11 heteroatoms. The number of nitrogens with zero attached hydrogens (tertiary/aromatic N) is 2. The molecule has 0 aliphatic rings. The van der Waals surface area contributed by atoms with E-state index in [1.165, 1.54) is 15.9 Å². The second kappa shape index (κ2) is 20.9. The number of carboxylic acids is 1. The Morgan fingerprint density at radius 3 is 1.47 bits per heavy atom. The van der Waals surface area contributed by atoms with Crippen molar-refractivity contribution in [2.24, 2.45) is 17.2 Å². The maximum absolute atomic E-state index is 12.1. The van der Waals surface area contributed by atoms with Crippen LogP contribution in [0, 0.1) is 0 Å². The summed E-state index contributed by atoms with van der Waals surface area (Å²) in [6.45, 7) is 10.5. The number of aliphatic hydroxyl groups excluding tert-OH is 2. The molecule has 0 fully saturated rings. The van der Waals surface area contributed by atoms with E-state index in [0.29, 0.717) is 12.8 Å². The van der Waals surface area contributed by atoms with Gasteiger partial charge in [-0.3, -0.25) is 14.4 Å². The summed E-state index contributed by atoms with van der Waals surface area (Å²) in [5.41, 5.74) is 17.7. The Hall–Kier alpha value is -3.87. The van der Waals surface area contributed by atoms with Crippen LogP contribution in [0.15, 0.2) is 86.0 Å². The van der Waals surface area contributed by atoms with E-state index in [1.54, 1.807) is 34.0 Å². The molecule has 2 aromatic rings. The summed E-state index contributed by atoms with van der Waals surface area (Å²) >= 11 is 0. The third-order valence-corrected chi connectivity index (χ3v) is 6.81. The number of carbonyl (C=O) groups excluding carboxylic acids is 2.